The summed E-state index contributed by atoms with van der Waals surface area (Å²) in [6.45, 7) is 2.04. The lowest BCUT2D eigenvalue weighted by Crippen LogP contribution is -1.76. The highest BCUT2D eigenvalue weighted by atomic mass is 32.1. The van der Waals surface area contributed by atoms with Crippen molar-refractivity contribution in [2.24, 2.45) is 0 Å². The number of aromatic nitrogens is 3. The third-order valence-corrected chi connectivity index (χ3v) is 1.94. The number of H-pyrrole nitrogens is 2. The van der Waals surface area contributed by atoms with Crippen LogP contribution in [0.4, 0.5) is 0 Å². The molecule has 0 aliphatic rings. The minimum atomic E-state index is 0.435. The number of aryl methyl sites for hydroxylation is 1. The highest BCUT2D eigenvalue weighted by molar-refractivity contribution is 7.71. The topological polar surface area (TPSA) is 57.6 Å². The second kappa shape index (κ2) is 3.18. The van der Waals surface area contributed by atoms with Crippen molar-refractivity contribution in [3.8, 4) is 11.6 Å². The van der Waals surface area contributed by atoms with Crippen molar-refractivity contribution < 1.29 is 4.42 Å². The quantitative estimate of drug-likeness (QED) is 0.723. The van der Waals surface area contributed by atoms with E-state index in [1.54, 1.807) is 0 Å². The van der Waals surface area contributed by atoms with Crippen molar-refractivity contribution in [2.75, 3.05) is 0 Å². The normalized spacial score (nSPS) is 10.5. The zero-order valence-corrected chi connectivity index (χ0v) is 7.94. The average molecular weight is 195 g/mol. The van der Waals surface area contributed by atoms with E-state index in [-0.39, 0.29) is 0 Å². The Morgan fingerprint density at radius 3 is 2.85 bits per heavy atom. The molecule has 0 aliphatic carbocycles. The lowest BCUT2D eigenvalue weighted by molar-refractivity contribution is 0.526. The van der Waals surface area contributed by atoms with Crippen molar-refractivity contribution in [3.05, 3.63) is 22.7 Å². The number of hydrogen-bond donors (Lipinski definition) is 2. The summed E-state index contributed by atoms with van der Waals surface area (Å²) >= 11 is 4.83. The molecule has 0 saturated heterocycles. The molecule has 2 rings (SSSR count). The summed E-state index contributed by atoms with van der Waals surface area (Å²) in [5, 5.41) is 5.54. The Labute approximate surface area is 80.0 Å². The van der Waals surface area contributed by atoms with Crippen LogP contribution in [0.2, 0.25) is 0 Å². The zero-order valence-electron chi connectivity index (χ0n) is 7.13. The van der Waals surface area contributed by atoms with Crippen molar-refractivity contribution in [2.45, 2.75) is 13.3 Å². The van der Waals surface area contributed by atoms with Crippen LogP contribution in [0, 0.1) is 4.77 Å². The van der Waals surface area contributed by atoms with Gasteiger partial charge < -0.3 is 4.42 Å². The Balaban J connectivity index is 2.40. The van der Waals surface area contributed by atoms with E-state index >= 15 is 0 Å². The SMILES string of the molecule is CCc1ccc(-c2nc(=S)[nH][nH]2)o1. The molecule has 0 atom stereocenters. The van der Waals surface area contributed by atoms with Crippen LogP contribution in [0.25, 0.3) is 11.6 Å². The van der Waals surface area contributed by atoms with Gasteiger partial charge in [-0.05, 0) is 24.4 Å². The summed E-state index contributed by atoms with van der Waals surface area (Å²) in [7, 11) is 0. The van der Waals surface area contributed by atoms with Crippen LogP contribution in [0.3, 0.4) is 0 Å². The van der Waals surface area contributed by atoms with Gasteiger partial charge in [0.05, 0.1) is 0 Å². The van der Waals surface area contributed by atoms with Gasteiger partial charge in [0.25, 0.3) is 0 Å². The van der Waals surface area contributed by atoms with Crippen molar-refractivity contribution in [1.82, 2.24) is 15.2 Å². The van der Waals surface area contributed by atoms with Crippen molar-refractivity contribution in [3.63, 3.8) is 0 Å². The summed E-state index contributed by atoms with van der Waals surface area (Å²) in [6.07, 6.45) is 0.880. The van der Waals surface area contributed by atoms with Gasteiger partial charge in [-0.3, -0.25) is 10.2 Å². The predicted octanol–water partition coefficient (Wildman–Crippen LogP) is 2.29. The molecule has 4 nitrogen and oxygen atoms in total. The number of nitrogens with one attached hydrogen (secondary N) is 2. The Morgan fingerprint density at radius 2 is 2.31 bits per heavy atom. The number of nitrogens with zero attached hydrogens (tertiary/aromatic N) is 1. The van der Waals surface area contributed by atoms with Gasteiger partial charge in [-0.15, -0.1) is 0 Å². The van der Waals surface area contributed by atoms with Crippen LogP contribution in [-0.2, 0) is 6.42 Å². The maximum absolute atomic E-state index is 5.47. The van der Waals surface area contributed by atoms with E-state index in [0.717, 1.165) is 12.2 Å². The predicted molar refractivity (Wildman–Crippen MR) is 50.9 cm³/mol. The molecule has 0 bridgehead atoms. The monoisotopic (exact) mass is 195 g/mol. The molecule has 0 radical (unpaired) electrons. The summed E-state index contributed by atoms with van der Waals surface area (Å²) < 4.78 is 5.91. The molecule has 2 aromatic rings. The van der Waals surface area contributed by atoms with Crippen molar-refractivity contribution in [1.29, 1.82) is 0 Å². The first-order chi connectivity index (χ1) is 6.29. The van der Waals surface area contributed by atoms with E-state index in [1.807, 2.05) is 19.1 Å². The molecule has 2 N–H and O–H groups in total. The average Bonchev–Trinajstić information content (AvgIpc) is 2.71. The smallest absolute Gasteiger partial charge is 0.213 e. The third-order valence-electron chi connectivity index (χ3n) is 1.74. The van der Waals surface area contributed by atoms with Gasteiger partial charge in [-0.2, -0.15) is 4.98 Å². The molecule has 5 heteroatoms. The highest BCUT2D eigenvalue weighted by Gasteiger charge is 2.05. The third kappa shape index (κ3) is 1.55. The molecule has 0 aromatic carbocycles. The molecule has 0 saturated carbocycles. The minimum Gasteiger partial charge on any atom is -0.458 e. The number of aromatic amines is 2. The van der Waals surface area contributed by atoms with Crippen LogP contribution in [0.5, 0.6) is 0 Å². The van der Waals surface area contributed by atoms with Crippen LogP contribution < -0.4 is 0 Å². The first-order valence-electron chi connectivity index (χ1n) is 4.03. The van der Waals surface area contributed by atoms with Gasteiger partial charge in [0.15, 0.2) is 11.6 Å². The van der Waals surface area contributed by atoms with E-state index in [4.69, 9.17) is 16.6 Å². The molecule has 0 unspecified atom stereocenters. The van der Waals surface area contributed by atoms with Gasteiger partial charge in [-0.1, -0.05) is 6.92 Å². The van der Waals surface area contributed by atoms with Crippen molar-refractivity contribution >= 4 is 12.2 Å². The molecule has 0 spiro atoms. The summed E-state index contributed by atoms with van der Waals surface area (Å²) in [4.78, 5) is 4.04. The molecule has 0 fully saturated rings. The fraction of sp³-hybridized carbons (Fsp3) is 0.250. The fourth-order valence-electron chi connectivity index (χ4n) is 1.08. The summed E-state index contributed by atoms with van der Waals surface area (Å²) in [5.74, 6) is 2.30. The Kier molecular flexibility index (Phi) is 2.02. The van der Waals surface area contributed by atoms with Crippen LogP contribution in [-0.4, -0.2) is 15.2 Å². The molecule has 68 valence electrons. The van der Waals surface area contributed by atoms with E-state index in [2.05, 4.69) is 15.2 Å². The van der Waals surface area contributed by atoms with E-state index < -0.39 is 0 Å². The molecule has 0 amide bonds. The number of rotatable bonds is 2. The standard InChI is InChI=1S/C8H9N3OS/c1-2-5-3-4-6(12-5)7-9-8(13)11-10-7/h3-4H,2H2,1H3,(H2,9,10,11,13). The second-order valence-corrected chi connectivity index (χ2v) is 3.02. The van der Waals surface area contributed by atoms with E-state index in [9.17, 15) is 0 Å². The van der Waals surface area contributed by atoms with E-state index in [0.29, 0.717) is 16.4 Å². The molecule has 0 aliphatic heterocycles. The lowest BCUT2D eigenvalue weighted by atomic mass is 10.3. The van der Waals surface area contributed by atoms with Crippen LogP contribution in [0.1, 0.15) is 12.7 Å². The maximum Gasteiger partial charge on any atom is 0.213 e. The first kappa shape index (κ1) is 8.25. The summed E-state index contributed by atoms with van der Waals surface area (Å²) in [5.41, 5.74) is 0. The highest BCUT2D eigenvalue weighted by Crippen LogP contribution is 2.17. The Morgan fingerprint density at radius 1 is 1.46 bits per heavy atom. The summed E-state index contributed by atoms with van der Waals surface area (Å²) in [6, 6.07) is 3.81. The Hall–Kier alpha value is -1.36. The van der Waals surface area contributed by atoms with Crippen LogP contribution in [0.15, 0.2) is 16.5 Å². The van der Waals surface area contributed by atoms with Gasteiger partial charge in [0.1, 0.15) is 5.76 Å². The fourth-order valence-corrected chi connectivity index (χ4v) is 1.22. The largest absolute Gasteiger partial charge is 0.458 e. The zero-order chi connectivity index (χ0) is 9.26. The minimum absolute atomic E-state index is 0.435. The molecule has 13 heavy (non-hydrogen) atoms. The maximum atomic E-state index is 5.47. The van der Waals surface area contributed by atoms with E-state index in [1.165, 1.54) is 0 Å². The molecular weight excluding hydrogens is 186 g/mol. The second-order valence-electron chi connectivity index (χ2n) is 2.64. The molecule has 2 heterocycles. The van der Waals surface area contributed by atoms with Gasteiger partial charge in [-0.25, -0.2) is 0 Å². The lowest BCUT2D eigenvalue weighted by Gasteiger charge is -1.88. The molecular formula is C8H9N3OS. The first-order valence-corrected chi connectivity index (χ1v) is 4.44. The Bertz CT molecular complexity index is 454. The van der Waals surface area contributed by atoms with Gasteiger partial charge in [0.2, 0.25) is 4.77 Å². The van der Waals surface area contributed by atoms with Gasteiger partial charge in [0, 0.05) is 6.42 Å². The number of furan rings is 1. The number of hydrogen-bond acceptors (Lipinski definition) is 3. The molecule has 2 aromatic heterocycles. The van der Waals surface area contributed by atoms with Crippen LogP contribution >= 0.6 is 12.2 Å². The van der Waals surface area contributed by atoms with Gasteiger partial charge >= 0.3 is 0 Å².